The Morgan fingerprint density at radius 1 is 1.35 bits per heavy atom. The van der Waals surface area contributed by atoms with E-state index < -0.39 is 0 Å². The Kier molecular flexibility index (Phi) is 3.56. The number of likely N-dealkylation sites (N-methyl/N-ethyl adjacent to an activating group) is 1. The van der Waals surface area contributed by atoms with Crippen molar-refractivity contribution in [2.24, 2.45) is 10.9 Å². The van der Waals surface area contributed by atoms with Crippen molar-refractivity contribution in [3.8, 4) is 0 Å². The third-order valence-corrected chi connectivity index (χ3v) is 5.24. The minimum absolute atomic E-state index is 0.00858. The fourth-order valence-electron chi connectivity index (χ4n) is 2.58. The number of amidine groups is 1. The number of thioether (sulfide) groups is 1. The molecule has 0 N–H and O–H groups in total. The Labute approximate surface area is 123 Å². The lowest BCUT2D eigenvalue weighted by Crippen LogP contribution is -2.37. The normalized spacial score (nSPS) is 24.7. The monoisotopic (exact) mass is 289 g/mol. The average Bonchev–Trinajstić information content (AvgIpc) is 2.66. The molecule has 2 aliphatic heterocycles. The van der Waals surface area contributed by atoms with Crippen LogP contribution in [0.3, 0.4) is 0 Å². The van der Waals surface area contributed by atoms with E-state index in [1.807, 2.05) is 44.1 Å². The molecule has 1 saturated heterocycles. The summed E-state index contributed by atoms with van der Waals surface area (Å²) >= 11 is 1.77. The predicted octanol–water partition coefficient (Wildman–Crippen LogP) is 2.23. The summed E-state index contributed by atoms with van der Waals surface area (Å²) in [5, 5.41) is 0.166. The topological polar surface area (TPSA) is 35.9 Å². The molecule has 2 aliphatic rings. The lowest BCUT2D eigenvalue weighted by atomic mass is 10.1. The summed E-state index contributed by atoms with van der Waals surface area (Å²) in [5.41, 5.74) is 0.987. The third-order valence-electron chi connectivity index (χ3n) is 3.77. The number of nitrogens with zero attached hydrogens (tertiary/aromatic N) is 3. The first kappa shape index (κ1) is 13.6. The lowest BCUT2D eigenvalue weighted by Gasteiger charge is -2.24. The van der Waals surface area contributed by atoms with E-state index in [9.17, 15) is 4.79 Å². The summed E-state index contributed by atoms with van der Waals surface area (Å²) in [6.45, 7) is 3.59. The summed E-state index contributed by atoms with van der Waals surface area (Å²) in [7, 11) is 4.04. The molecule has 0 unspecified atom stereocenters. The molecule has 0 saturated carbocycles. The van der Waals surface area contributed by atoms with Gasteiger partial charge in [-0.1, -0.05) is 19.1 Å². The number of amides is 1. The Hall–Kier alpha value is -1.33. The molecular weight excluding hydrogens is 270 g/mol. The minimum atomic E-state index is 0.00858. The van der Waals surface area contributed by atoms with Gasteiger partial charge in [0.15, 0.2) is 0 Å². The van der Waals surface area contributed by atoms with Crippen LogP contribution in [0.5, 0.6) is 0 Å². The smallest absolute Gasteiger partial charge is 0.232 e. The van der Waals surface area contributed by atoms with Crippen molar-refractivity contribution in [2.45, 2.75) is 17.1 Å². The maximum atomic E-state index is 12.4. The van der Waals surface area contributed by atoms with E-state index in [0.29, 0.717) is 6.54 Å². The lowest BCUT2D eigenvalue weighted by molar-refractivity contribution is -0.128. The molecule has 0 spiro atoms. The first-order valence-electron chi connectivity index (χ1n) is 6.88. The van der Waals surface area contributed by atoms with Crippen molar-refractivity contribution in [3.05, 3.63) is 24.3 Å². The molecule has 2 heterocycles. The van der Waals surface area contributed by atoms with Gasteiger partial charge in [-0.3, -0.25) is 9.69 Å². The van der Waals surface area contributed by atoms with Crippen LogP contribution in [0.2, 0.25) is 0 Å². The SMILES string of the molecule is C[C@@H]1C(=O)N(CCN(C)C)C2=Nc3ccccc3S[C@H]21. The van der Waals surface area contributed by atoms with Gasteiger partial charge in [0.2, 0.25) is 5.91 Å². The summed E-state index contributed by atoms with van der Waals surface area (Å²) < 4.78 is 0. The number of fused-ring (bicyclic) bond motifs is 2. The molecule has 1 fully saturated rings. The predicted molar refractivity (Wildman–Crippen MR) is 82.6 cm³/mol. The number of hydrogen-bond acceptors (Lipinski definition) is 4. The second-order valence-corrected chi connectivity index (χ2v) is 6.74. The maximum absolute atomic E-state index is 12.4. The van der Waals surface area contributed by atoms with Gasteiger partial charge in [-0.15, -0.1) is 11.8 Å². The minimum Gasteiger partial charge on any atom is -0.308 e. The van der Waals surface area contributed by atoms with Gasteiger partial charge in [-0.05, 0) is 26.2 Å². The van der Waals surface area contributed by atoms with Gasteiger partial charge in [0, 0.05) is 18.0 Å². The highest BCUT2D eigenvalue weighted by molar-refractivity contribution is 8.01. The molecule has 0 aliphatic carbocycles. The quantitative estimate of drug-likeness (QED) is 0.856. The molecule has 0 bridgehead atoms. The molecule has 1 aromatic carbocycles. The van der Waals surface area contributed by atoms with Crippen LogP contribution in [0.4, 0.5) is 5.69 Å². The number of aliphatic imine (C=N–C) groups is 1. The largest absolute Gasteiger partial charge is 0.308 e. The van der Waals surface area contributed by atoms with E-state index >= 15 is 0 Å². The van der Waals surface area contributed by atoms with Crippen molar-refractivity contribution in [2.75, 3.05) is 27.2 Å². The number of para-hydroxylation sites is 1. The highest BCUT2D eigenvalue weighted by atomic mass is 32.2. The third kappa shape index (κ3) is 2.25. The van der Waals surface area contributed by atoms with Crippen LogP contribution in [0.1, 0.15) is 6.92 Å². The molecule has 1 amide bonds. The van der Waals surface area contributed by atoms with Crippen molar-refractivity contribution < 1.29 is 4.79 Å². The van der Waals surface area contributed by atoms with Gasteiger partial charge in [-0.2, -0.15) is 0 Å². The van der Waals surface area contributed by atoms with Gasteiger partial charge in [0.25, 0.3) is 0 Å². The van der Waals surface area contributed by atoms with Crippen LogP contribution in [0.15, 0.2) is 34.2 Å². The van der Waals surface area contributed by atoms with E-state index in [1.54, 1.807) is 11.8 Å². The van der Waals surface area contributed by atoms with E-state index in [-0.39, 0.29) is 17.1 Å². The zero-order valence-corrected chi connectivity index (χ0v) is 12.9. The van der Waals surface area contributed by atoms with Crippen molar-refractivity contribution in [1.82, 2.24) is 9.80 Å². The first-order chi connectivity index (χ1) is 9.58. The highest BCUT2D eigenvalue weighted by Gasteiger charge is 2.45. The molecule has 4 nitrogen and oxygen atoms in total. The van der Waals surface area contributed by atoms with E-state index in [4.69, 9.17) is 4.99 Å². The highest BCUT2D eigenvalue weighted by Crippen LogP contribution is 2.44. The maximum Gasteiger partial charge on any atom is 0.232 e. The van der Waals surface area contributed by atoms with Crippen LogP contribution < -0.4 is 0 Å². The van der Waals surface area contributed by atoms with Crippen molar-refractivity contribution in [1.29, 1.82) is 0 Å². The molecule has 3 rings (SSSR count). The molecule has 0 aromatic heterocycles. The molecule has 5 heteroatoms. The van der Waals surface area contributed by atoms with Gasteiger partial charge < -0.3 is 4.90 Å². The molecule has 106 valence electrons. The van der Waals surface area contributed by atoms with Crippen LogP contribution in [0, 0.1) is 5.92 Å². The average molecular weight is 289 g/mol. The Balaban J connectivity index is 1.93. The van der Waals surface area contributed by atoms with E-state index in [0.717, 1.165) is 18.1 Å². The zero-order valence-electron chi connectivity index (χ0n) is 12.0. The molecule has 1 aromatic rings. The number of carbonyl (C=O) groups excluding carboxylic acids is 1. The number of carbonyl (C=O) groups is 1. The van der Waals surface area contributed by atoms with Gasteiger partial charge in [0.05, 0.1) is 16.9 Å². The fourth-order valence-corrected chi connectivity index (χ4v) is 3.85. The van der Waals surface area contributed by atoms with Crippen LogP contribution in [-0.4, -0.2) is 54.0 Å². The van der Waals surface area contributed by atoms with Crippen molar-refractivity contribution in [3.63, 3.8) is 0 Å². The fraction of sp³-hybridized carbons (Fsp3) is 0.467. The molecule has 20 heavy (non-hydrogen) atoms. The standard InChI is InChI=1S/C15H19N3OS/c1-10-13-14(18(15(10)19)9-8-17(2)3)16-11-6-4-5-7-12(11)20-13/h4-7,10,13H,8-9H2,1-3H3/t10-,13-/m0/s1. The summed E-state index contributed by atoms with van der Waals surface area (Å²) in [5.74, 6) is 1.15. The van der Waals surface area contributed by atoms with E-state index in [1.165, 1.54) is 4.90 Å². The van der Waals surface area contributed by atoms with Crippen LogP contribution in [0.25, 0.3) is 0 Å². The van der Waals surface area contributed by atoms with Crippen molar-refractivity contribution >= 4 is 29.2 Å². The van der Waals surface area contributed by atoms with Gasteiger partial charge >= 0.3 is 0 Å². The molecule has 0 radical (unpaired) electrons. The van der Waals surface area contributed by atoms with Gasteiger partial charge in [0.1, 0.15) is 5.84 Å². The number of rotatable bonds is 3. The zero-order chi connectivity index (χ0) is 14.3. The first-order valence-corrected chi connectivity index (χ1v) is 7.76. The Morgan fingerprint density at radius 2 is 2.10 bits per heavy atom. The Bertz CT molecular complexity index is 570. The second kappa shape index (κ2) is 5.22. The van der Waals surface area contributed by atoms with E-state index in [2.05, 4.69) is 11.0 Å². The summed E-state index contributed by atoms with van der Waals surface area (Å²) in [6.07, 6.45) is 0. The molecular formula is C15H19N3OS. The summed E-state index contributed by atoms with van der Waals surface area (Å²) in [6, 6.07) is 8.12. The second-order valence-electron chi connectivity index (χ2n) is 5.56. The van der Waals surface area contributed by atoms with Crippen LogP contribution in [-0.2, 0) is 4.79 Å². The van der Waals surface area contributed by atoms with Crippen LogP contribution >= 0.6 is 11.8 Å². The molecule has 2 atom stereocenters. The van der Waals surface area contributed by atoms with Gasteiger partial charge in [-0.25, -0.2) is 4.99 Å². The number of likely N-dealkylation sites (tertiary alicyclic amines) is 1. The number of benzene rings is 1. The summed E-state index contributed by atoms with van der Waals surface area (Å²) in [4.78, 5) is 22.3. The number of hydrogen-bond donors (Lipinski definition) is 0. The Morgan fingerprint density at radius 3 is 2.85 bits per heavy atom.